The normalized spacial score (nSPS) is 14.4. The first kappa shape index (κ1) is 52.5. The Morgan fingerprint density at radius 1 is 0.582 bits per heavy atom. The van der Waals surface area contributed by atoms with E-state index in [0.717, 1.165) is 57.8 Å². The lowest BCUT2D eigenvalue weighted by atomic mass is 10.0. The number of likely N-dealkylation sites (N-methyl/N-ethyl adjacent to an activating group) is 1. The van der Waals surface area contributed by atoms with Crippen molar-refractivity contribution in [3.05, 3.63) is 72.9 Å². The molecule has 0 fully saturated rings. The fraction of sp³-hybridized carbons (Fsp3) is 0.689. The molecule has 0 aromatic heterocycles. The number of rotatable bonds is 37. The Morgan fingerprint density at radius 3 is 1.51 bits per heavy atom. The molecule has 0 aliphatic heterocycles. The number of carbonyl (C=O) groups is 2. The van der Waals surface area contributed by atoms with E-state index in [2.05, 4.69) is 74.6 Å². The molecular formula is C45H78NO8P. The summed E-state index contributed by atoms with van der Waals surface area (Å²) in [7, 11) is 1.11. The molecule has 0 aromatic rings. The summed E-state index contributed by atoms with van der Waals surface area (Å²) in [6.45, 7) is 4.00. The van der Waals surface area contributed by atoms with Crippen LogP contribution in [0.25, 0.3) is 0 Å². The van der Waals surface area contributed by atoms with E-state index in [1.54, 1.807) is 0 Å². The highest BCUT2D eigenvalue weighted by atomic mass is 31.2. The number of ether oxygens (including phenoxy) is 2. The van der Waals surface area contributed by atoms with Crippen LogP contribution in [0.5, 0.6) is 0 Å². The molecule has 0 N–H and O–H groups in total. The third kappa shape index (κ3) is 40.9. The monoisotopic (exact) mass is 792 g/mol. The summed E-state index contributed by atoms with van der Waals surface area (Å²) in [4.78, 5) is 37.4. The Kier molecular flexibility index (Phi) is 35.3. The number of phosphoric acid groups is 1. The van der Waals surface area contributed by atoms with E-state index in [1.165, 1.54) is 57.8 Å². The van der Waals surface area contributed by atoms with E-state index in [0.29, 0.717) is 17.4 Å². The maximum absolute atomic E-state index is 12.6. The van der Waals surface area contributed by atoms with Gasteiger partial charge in [-0.3, -0.25) is 14.2 Å². The summed E-state index contributed by atoms with van der Waals surface area (Å²) in [5.41, 5.74) is 0. The summed E-state index contributed by atoms with van der Waals surface area (Å²) >= 11 is 0. The van der Waals surface area contributed by atoms with Gasteiger partial charge in [0.05, 0.1) is 27.7 Å². The van der Waals surface area contributed by atoms with Crippen molar-refractivity contribution in [2.75, 3.05) is 47.5 Å². The van der Waals surface area contributed by atoms with Crippen LogP contribution in [0, 0.1) is 0 Å². The molecule has 0 rings (SSSR count). The number of hydrogen-bond donors (Lipinski definition) is 0. The highest BCUT2D eigenvalue weighted by molar-refractivity contribution is 7.45. The van der Waals surface area contributed by atoms with Crippen molar-refractivity contribution >= 4 is 19.8 Å². The number of quaternary nitrogens is 1. The maximum Gasteiger partial charge on any atom is 0.306 e. The average molecular weight is 792 g/mol. The molecule has 2 atom stereocenters. The lowest BCUT2D eigenvalue weighted by Crippen LogP contribution is -2.37. The van der Waals surface area contributed by atoms with Gasteiger partial charge in [-0.25, -0.2) is 0 Å². The molecule has 0 heterocycles. The first-order chi connectivity index (χ1) is 26.5. The maximum atomic E-state index is 12.6. The molecule has 0 saturated carbocycles. The van der Waals surface area contributed by atoms with Gasteiger partial charge in [-0.1, -0.05) is 157 Å². The molecule has 0 bridgehead atoms. The highest BCUT2D eigenvalue weighted by Crippen LogP contribution is 2.38. The van der Waals surface area contributed by atoms with Crippen LogP contribution in [0.2, 0.25) is 0 Å². The van der Waals surface area contributed by atoms with Crippen LogP contribution in [-0.2, 0) is 32.7 Å². The van der Waals surface area contributed by atoms with Gasteiger partial charge in [-0.15, -0.1) is 0 Å². The molecule has 0 saturated heterocycles. The Morgan fingerprint density at radius 2 is 1.04 bits per heavy atom. The van der Waals surface area contributed by atoms with Gasteiger partial charge in [-0.2, -0.15) is 0 Å². The largest absolute Gasteiger partial charge is 0.756 e. The third-order valence-corrected chi connectivity index (χ3v) is 9.47. The molecule has 1 unspecified atom stereocenters. The number of nitrogens with zero attached hydrogens (tertiary/aromatic N) is 1. The van der Waals surface area contributed by atoms with E-state index in [4.69, 9.17) is 18.5 Å². The van der Waals surface area contributed by atoms with Gasteiger partial charge in [0.1, 0.15) is 19.8 Å². The topological polar surface area (TPSA) is 111 Å². The molecule has 0 aliphatic rings. The third-order valence-electron chi connectivity index (χ3n) is 8.50. The molecule has 10 heteroatoms. The van der Waals surface area contributed by atoms with Gasteiger partial charge in [0.2, 0.25) is 0 Å². The van der Waals surface area contributed by atoms with Gasteiger partial charge in [0, 0.05) is 12.8 Å². The van der Waals surface area contributed by atoms with E-state index in [9.17, 15) is 19.0 Å². The zero-order chi connectivity index (χ0) is 40.7. The number of carbonyl (C=O) groups excluding carboxylic acids is 2. The first-order valence-corrected chi connectivity index (χ1v) is 22.6. The summed E-state index contributed by atoms with van der Waals surface area (Å²) in [5.74, 6) is -0.938. The lowest BCUT2D eigenvalue weighted by molar-refractivity contribution is -0.870. The summed E-state index contributed by atoms with van der Waals surface area (Å²) < 4.78 is 33.7. The Bertz CT molecular complexity index is 1170. The van der Waals surface area contributed by atoms with Crippen molar-refractivity contribution in [2.24, 2.45) is 0 Å². The van der Waals surface area contributed by atoms with Crippen LogP contribution in [0.15, 0.2) is 72.9 Å². The molecule has 0 aromatic carbocycles. The smallest absolute Gasteiger partial charge is 0.306 e. The minimum atomic E-state index is -4.64. The van der Waals surface area contributed by atoms with E-state index < -0.39 is 32.5 Å². The Hall–Kier alpha value is -2.55. The predicted molar refractivity (Wildman–Crippen MR) is 226 cm³/mol. The number of unbranched alkanes of at least 4 members (excludes halogenated alkanes) is 11. The van der Waals surface area contributed by atoms with Crippen LogP contribution in [0.3, 0.4) is 0 Å². The van der Waals surface area contributed by atoms with Crippen molar-refractivity contribution < 1.29 is 42.1 Å². The van der Waals surface area contributed by atoms with Gasteiger partial charge in [0.25, 0.3) is 7.82 Å². The second-order valence-electron chi connectivity index (χ2n) is 15.0. The van der Waals surface area contributed by atoms with Crippen LogP contribution < -0.4 is 4.89 Å². The second-order valence-corrected chi connectivity index (χ2v) is 16.4. The number of hydrogen-bond acceptors (Lipinski definition) is 8. The molecule has 0 amide bonds. The lowest BCUT2D eigenvalue weighted by Gasteiger charge is -2.28. The molecule has 55 heavy (non-hydrogen) atoms. The quantitative estimate of drug-likeness (QED) is 0.0201. The van der Waals surface area contributed by atoms with E-state index in [1.807, 2.05) is 33.3 Å². The minimum absolute atomic E-state index is 0.0469. The van der Waals surface area contributed by atoms with Gasteiger partial charge in [0.15, 0.2) is 6.10 Å². The fourth-order valence-electron chi connectivity index (χ4n) is 5.21. The van der Waals surface area contributed by atoms with Crippen LogP contribution in [0.1, 0.15) is 149 Å². The molecule has 0 radical (unpaired) electrons. The Labute approximate surface area is 336 Å². The predicted octanol–water partition coefficient (Wildman–Crippen LogP) is 11.2. The fourth-order valence-corrected chi connectivity index (χ4v) is 5.94. The molecule has 316 valence electrons. The van der Waals surface area contributed by atoms with Crippen molar-refractivity contribution in [1.29, 1.82) is 0 Å². The zero-order valence-corrected chi connectivity index (χ0v) is 36.2. The van der Waals surface area contributed by atoms with Crippen molar-refractivity contribution in [1.82, 2.24) is 0 Å². The molecule has 0 spiro atoms. The SMILES string of the molecule is CC/C=C/C/C=C/C/C=C/C/C=C/C/C=C/C/C=C/CCC(=O)O[C@H](COC(=O)CCCCCCCCCCCCCC)COP(=O)([O-])OCC[N+](C)(C)C. The van der Waals surface area contributed by atoms with Gasteiger partial charge >= 0.3 is 11.9 Å². The number of allylic oxidation sites excluding steroid dienone is 12. The molecule has 0 aliphatic carbocycles. The second kappa shape index (κ2) is 37.1. The van der Waals surface area contributed by atoms with Crippen molar-refractivity contribution in [3.8, 4) is 0 Å². The van der Waals surface area contributed by atoms with Gasteiger partial charge < -0.3 is 27.9 Å². The summed E-state index contributed by atoms with van der Waals surface area (Å²) in [6, 6.07) is 0. The molecule has 9 nitrogen and oxygen atoms in total. The zero-order valence-electron chi connectivity index (χ0n) is 35.3. The van der Waals surface area contributed by atoms with Gasteiger partial charge in [-0.05, 0) is 51.4 Å². The first-order valence-electron chi connectivity index (χ1n) is 21.1. The standard InChI is InChI=1S/C45H78NO8P/c1-6-8-10-12-14-16-18-20-21-22-23-24-25-26-28-30-32-34-36-38-45(48)54-43(42-53-55(49,50)52-40-39-46(3,4)5)41-51-44(47)37-35-33-31-29-27-19-17-15-13-11-9-7-2/h8,10,14,16,20-21,23-24,26,28,32,34,43H,6-7,9,11-13,15,17-19,22,25,27,29-31,33,35-42H2,1-5H3/b10-8+,16-14+,21-20+,24-23+,28-26+,34-32+/t43-/m1/s1. The molecular weight excluding hydrogens is 713 g/mol. The summed E-state index contributed by atoms with van der Waals surface area (Å²) in [5, 5.41) is 0. The van der Waals surface area contributed by atoms with Crippen molar-refractivity contribution in [2.45, 2.75) is 155 Å². The Balaban J connectivity index is 4.53. The van der Waals surface area contributed by atoms with E-state index in [-0.39, 0.29) is 26.1 Å². The van der Waals surface area contributed by atoms with Crippen molar-refractivity contribution in [3.63, 3.8) is 0 Å². The van der Waals surface area contributed by atoms with Crippen LogP contribution in [0.4, 0.5) is 0 Å². The average Bonchev–Trinajstić information content (AvgIpc) is 3.13. The highest BCUT2D eigenvalue weighted by Gasteiger charge is 2.21. The van der Waals surface area contributed by atoms with Crippen LogP contribution in [-0.4, -0.2) is 70.0 Å². The summed E-state index contributed by atoms with van der Waals surface area (Å²) in [6.07, 6.45) is 45.2. The van der Waals surface area contributed by atoms with E-state index >= 15 is 0 Å². The minimum Gasteiger partial charge on any atom is -0.756 e. The number of phosphoric ester groups is 1. The number of esters is 2. The van der Waals surface area contributed by atoms with Crippen LogP contribution >= 0.6 is 7.82 Å².